The minimum Gasteiger partial charge on any atom is -0.310 e. The van der Waals surface area contributed by atoms with Crippen molar-refractivity contribution in [3.63, 3.8) is 0 Å². The van der Waals surface area contributed by atoms with Gasteiger partial charge in [-0.1, -0.05) is 36.4 Å². The quantitative estimate of drug-likeness (QED) is 0.803. The van der Waals surface area contributed by atoms with E-state index in [1.54, 1.807) is 0 Å². The Morgan fingerprint density at radius 3 is 2.53 bits per heavy atom. The van der Waals surface area contributed by atoms with E-state index < -0.39 is 0 Å². The van der Waals surface area contributed by atoms with E-state index in [9.17, 15) is 0 Å². The van der Waals surface area contributed by atoms with Crippen molar-refractivity contribution in [3.05, 3.63) is 47.5 Å². The third kappa shape index (κ3) is 2.18. The maximum atomic E-state index is 3.58. The van der Waals surface area contributed by atoms with E-state index in [0.717, 1.165) is 6.54 Å². The maximum Gasteiger partial charge on any atom is 0.0326 e. The van der Waals surface area contributed by atoms with Gasteiger partial charge in [0.1, 0.15) is 0 Å². The third-order valence-electron chi connectivity index (χ3n) is 3.61. The minimum absolute atomic E-state index is 0. The van der Waals surface area contributed by atoms with Gasteiger partial charge in [0.15, 0.2) is 0 Å². The van der Waals surface area contributed by atoms with Gasteiger partial charge in [0.25, 0.3) is 0 Å². The standard InChI is InChI=1S/C15H17N.ClH/c1-11-8-9-14(15-7-4-10-16-15)13-6-3-2-5-12(11)13;/h2-3,5-6,8-9,15-16H,4,7,10H2,1H3;1H/t15-;/m1./s1. The van der Waals surface area contributed by atoms with Crippen LogP contribution in [0.2, 0.25) is 0 Å². The topological polar surface area (TPSA) is 12.0 Å². The predicted molar refractivity (Wildman–Crippen MR) is 75.9 cm³/mol. The summed E-state index contributed by atoms with van der Waals surface area (Å²) in [6.07, 6.45) is 2.57. The molecule has 2 aromatic rings. The summed E-state index contributed by atoms with van der Waals surface area (Å²) in [7, 11) is 0. The fraction of sp³-hybridized carbons (Fsp3) is 0.333. The van der Waals surface area contributed by atoms with Gasteiger partial charge in [0.05, 0.1) is 0 Å². The van der Waals surface area contributed by atoms with Crippen molar-refractivity contribution in [1.29, 1.82) is 0 Å². The van der Waals surface area contributed by atoms with Gasteiger partial charge in [-0.15, -0.1) is 12.4 Å². The second-order valence-corrected chi connectivity index (χ2v) is 4.67. The SMILES string of the molecule is Cc1ccc([C@H]2CCCN2)c2ccccc12.Cl. The summed E-state index contributed by atoms with van der Waals surface area (Å²) in [5, 5.41) is 6.40. The molecule has 1 N–H and O–H groups in total. The van der Waals surface area contributed by atoms with E-state index in [2.05, 4.69) is 48.6 Å². The lowest BCUT2D eigenvalue weighted by Crippen LogP contribution is -2.13. The van der Waals surface area contributed by atoms with Crippen molar-refractivity contribution < 1.29 is 0 Å². The molecule has 90 valence electrons. The summed E-state index contributed by atoms with van der Waals surface area (Å²) >= 11 is 0. The zero-order chi connectivity index (χ0) is 11.0. The lowest BCUT2D eigenvalue weighted by molar-refractivity contribution is 0.653. The van der Waals surface area contributed by atoms with Crippen LogP contribution in [-0.4, -0.2) is 6.54 Å². The number of aryl methyl sites for hydroxylation is 1. The minimum atomic E-state index is 0. The second-order valence-electron chi connectivity index (χ2n) is 4.67. The molecule has 0 unspecified atom stereocenters. The smallest absolute Gasteiger partial charge is 0.0326 e. The molecule has 2 aromatic carbocycles. The van der Waals surface area contributed by atoms with E-state index in [-0.39, 0.29) is 12.4 Å². The van der Waals surface area contributed by atoms with E-state index in [1.807, 2.05) is 0 Å². The van der Waals surface area contributed by atoms with E-state index in [4.69, 9.17) is 0 Å². The largest absolute Gasteiger partial charge is 0.310 e. The Kier molecular flexibility index (Phi) is 3.70. The van der Waals surface area contributed by atoms with Crippen LogP contribution in [-0.2, 0) is 0 Å². The Labute approximate surface area is 109 Å². The molecule has 0 bridgehead atoms. The molecule has 0 aliphatic carbocycles. The molecule has 0 radical (unpaired) electrons. The number of hydrogen-bond acceptors (Lipinski definition) is 1. The predicted octanol–water partition coefficient (Wildman–Crippen LogP) is 3.99. The number of rotatable bonds is 1. The normalized spacial score (nSPS) is 19.2. The highest BCUT2D eigenvalue weighted by Crippen LogP contribution is 2.31. The summed E-state index contributed by atoms with van der Waals surface area (Å²) in [6.45, 7) is 3.35. The third-order valence-corrected chi connectivity index (χ3v) is 3.61. The van der Waals surface area contributed by atoms with Gasteiger partial charge in [0.2, 0.25) is 0 Å². The van der Waals surface area contributed by atoms with E-state index in [0.29, 0.717) is 6.04 Å². The fourth-order valence-corrected chi connectivity index (χ4v) is 2.73. The molecular formula is C15H18ClN. The monoisotopic (exact) mass is 247 g/mol. The Balaban J connectivity index is 0.00000108. The molecule has 0 aromatic heterocycles. The van der Waals surface area contributed by atoms with Crippen LogP contribution >= 0.6 is 12.4 Å². The van der Waals surface area contributed by atoms with Gasteiger partial charge in [-0.25, -0.2) is 0 Å². The molecule has 2 heteroatoms. The van der Waals surface area contributed by atoms with Gasteiger partial charge < -0.3 is 5.32 Å². The van der Waals surface area contributed by atoms with Crippen LogP contribution in [0, 0.1) is 6.92 Å². The number of nitrogens with one attached hydrogen (secondary N) is 1. The summed E-state index contributed by atoms with van der Waals surface area (Å²) in [6, 6.07) is 13.8. The molecule has 17 heavy (non-hydrogen) atoms. The average molecular weight is 248 g/mol. The van der Waals surface area contributed by atoms with Crippen LogP contribution in [0.15, 0.2) is 36.4 Å². The highest BCUT2D eigenvalue weighted by atomic mass is 35.5. The van der Waals surface area contributed by atoms with Crippen LogP contribution in [0.25, 0.3) is 10.8 Å². The van der Waals surface area contributed by atoms with Crippen molar-refractivity contribution in [2.45, 2.75) is 25.8 Å². The van der Waals surface area contributed by atoms with Crippen LogP contribution in [0.5, 0.6) is 0 Å². The summed E-state index contributed by atoms with van der Waals surface area (Å²) in [4.78, 5) is 0. The van der Waals surface area contributed by atoms with Crippen LogP contribution in [0.1, 0.15) is 30.0 Å². The van der Waals surface area contributed by atoms with Crippen LogP contribution in [0.4, 0.5) is 0 Å². The fourth-order valence-electron chi connectivity index (χ4n) is 2.73. The van der Waals surface area contributed by atoms with Crippen molar-refractivity contribution in [1.82, 2.24) is 5.32 Å². The number of halogens is 1. The zero-order valence-corrected chi connectivity index (χ0v) is 10.9. The van der Waals surface area contributed by atoms with Gasteiger partial charge in [-0.3, -0.25) is 0 Å². The first-order chi connectivity index (χ1) is 7.86. The second kappa shape index (κ2) is 5.07. The molecule has 3 rings (SSSR count). The summed E-state index contributed by atoms with van der Waals surface area (Å²) in [5.41, 5.74) is 2.84. The Bertz CT molecular complexity index is 515. The molecule has 1 heterocycles. The van der Waals surface area contributed by atoms with Crippen molar-refractivity contribution in [3.8, 4) is 0 Å². The first-order valence-electron chi connectivity index (χ1n) is 6.08. The van der Waals surface area contributed by atoms with Crippen molar-refractivity contribution >= 4 is 23.2 Å². The Morgan fingerprint density at radius 1 is 1.06 bits per heavy atom. The first-order valence-corrected chi connectivity index (χ1v) is 6.08. The molecule has 1 aliphatic rings. The van der Waals surface area contributed by atoms with Crippen LogP contribution < -0.4 is 5.32 Å². The molecule has 0 saturated carbocycles. The van der Waals surface area contributed by atoms with Crippen LogP contribution in [0.3, 0.4) is 0 Å². The molecule has 1 saturated heterocycles. The van der Waals surface area contributed by atoms with Gasteiger partial charge in [0, 0.05) is 6.04 Å². The molecule has 1 fully saturated rings. The van der Waals surface area contributed by atoms with Crippen molar-refractivity contribution in [2.75, 3.05) is 6.54 Å². The number of benzene rings is 2. The summed E-state index contributed by atoms with van der Waals surface area (Å²) in [5.74, 6) is 0. The van der Waals surface area contributed by atoms with E-state index in [1.165, 1.54) is 34.7 Å². The Hall–Kier alpha value is -1.05. The lowest BCUT2D eigenvalue weighted by atomic mass is 9.95. The highest BCUT2D eigenvalue weighted by Gasteiger charge is 2.18. The Morgan fingerprint density at radius 2 is 1.82 bits per heavy atom. The first kappa shape index (κ1) is 12.4. The number of fused-ring (bicyclic) bond motifs is 1. The maximum absolute atomic E-state index is 3.58. The lowest BCUT2D eigenvalue weighted by Gasteiger charge is -2.15. The van der Waals surface area contributed by atoms with Gasteiger partial charge in [-0.05, 0) is 48.2 Å². The molecule has 0 amide bonds. The molecular weight excluding hydrogens is 230 g/mol. The van der Waals surface area contributed by atoms with Gasteiger partial charge in [-0.2, -0.15) is 0 Å². The highest BCUT2D eigenvalue weighted by molar-refractivity contribution is 5.88. The zero-order valence-electron chi connectivity index (χ0n) is 10.1. The molecule has 0 spiro atoms. The molecule has 1 aliphatic heterocycles. The summed E-state index contributed by atoms with van der Waals surface area (Å²) < 4.78 is 0. The molecule has 1 atom stereocenters. The average Bonchev–Trinajstić information content (AvgIpc) is 2.83. The van der Waals surface area contributed by atoms with E-state index >= 15 is 0 Å². The van der Waals surface area contributed by atoms with Crippen molar-refractivity contribution in [2.24, 2.45) is 0 Å². The van der Waals surface area contributed by atoms with Gasteiger partial charge >= 0.3 is 0 Å². The number of hydrogen-bond donors (Lipinski definition) is 1. The molecule has 1 nitrogen and oxygen atoms in total.